The molecule has 0 bridgehead atoms. The van der Waals surface area contributed by atoms with Gasteiger partial charge in [-0.3, -0.25) is 0 Å². The molecule has 4 nitrogen and oxygen atoms in total. The maximum Gasteiger partial charge on any atom is 0.220 e. The fourth-order valence-electron chi connectivity index (χ4n) is 3.82. The molecular weight excluding hydrogens is 262 g/mol. The van der Waals surface area contributed by atoms with E-state index in [2.05, 4.69) is 39.8 Å². The number of aryl methyl sites for hydroxylation is 2. The quantitative estimate of drug-likeness (QED) is 0.857. The molecule has 0 amide bonds. The average molecular weight is 283 g/mol. The summed E-state index contributed by atoms with van der Waals surface area (Å²) in [5.41, 5.74) is 3.02. The second kappa shape index (κ2) is 5.26. The van der Waals surface area contributed by atoms with Gasteiger partial charge in [0.15, 0.2) is 0 Å². The lowest BCUT2D eigenvalue weighted by Crippen LogP contribution is -2.08. The molecule has 1 heterocycles. The molecule has 2 aliphatic carbocycles. The van der Waals surface area contributed by atoms with E-state index in [-0.39, 0.29) is 0 Å². The number of fused-ring (bicyclic) bond motifs is 3. The normalized spacial score (nSPS) is 26.2. The molecule has 3 atom stereocenters. The minimum absolute atomic E-state index is 0.458. The van der Waals surface area contributed by atoms with Gasteiger partial charge in [-0.25, -0.2) is 0 Å². The summed E-state index contributed by atoms with van der Waals surface area (Å²) in [6, 6.07) is 8.82. The highest BCUT2D eigenvalue weighted by Crippen LogP contribution is 2.64. The Balaban J connectivity index is 1.50. The summed E-state index contributed by atoms with van der Waals surface area (Å²) in [6.45, 7) is 0.986. The molecule has 0 radical (unpaired) electrons. The van der Waals surface area contributed by atoms with Crippen molar-refractivity contribution in [3.05, 3.63) is 47.2 Å². The van der Waals surface area contributed by atoms with Crippen molar-refractivity contribution in [3.8, 4) is 0 Å². The zero-order valence-electron chi connectivity index (χ0n) is 12.4. The topological polar surface area (TPSA) is 51.0 Å². The second-order valence-corrected chi connectivity index (χ2v) is 6.19. The van der Waals surface area contributed by atoms with Crippen LogP contribution >= 0.6 is 0 Å². The third-order valence-electron chi connectivity index (χ3n) is 4.91. The number of aromatic nitrogens is 2. The lowest BCUT2D eigenvalue weighted by Gasteiger charge is -2.13. The van der Waals surface area contributed by atoms with Gasteiger partial charge in [0.05, 0.1) is 0 Å². The summed E-state index contributed by atoms with van der Waals surface area (Å²) in [4.78, 5) is 0. The Bertz CT molecular complexity index is 636. The number of rotatable bonds is 5. The standard InChI is InChI=1S/C17H21N3O/c1-18-10-4-7-14-19-20-17(21-14)16-13-9-8-11-5-2-3-6-12(11)15(13)16/h2-3,5-6,13,15-16,18H,4,7-10H2,1H3. The maximum atomic E-state index is 5.91. The molecule has 4 rings (SSSR count). The van der Waals surface area contributed by atoms with E-state index >= 15 is 0 Å². The number of hydrogen-bond acceptors (Lipinski definition) is 4. The molecule has 1 saturated carbocycles. The van der Waals surface area contributed by atoms with Crippen LogP contribution in [0, 0.1) is 5.92 Å². The van der Waals surface area contributed by atoms with Crippen LogP contribution in [0.4, 0.5) is 0 Å². The second-order valence-electron chi connectivity index (χ2n) is 6.19. The van der Waals surface area contributed by atoms with Gasteiger partial charge >= 0.3 is 0 Å². The summed E-state index contributed by atoms with van der Waals surface area (Å²) in [5, 5.41) is 11.7. The van der Waals surface area contributed by atoms with Crippen LogP contribution in [0.3, 0.4) is 0 Å². The molecule has 1 aromatic carbocycles. The van der Waals surface area contributed by atoms with Gasteiger partial charge in [-0.2, -0.15) is 0 Å². The molecule has 110 valence electrons. The molecule has 21 heavy (non-hydrogen) atoms. The number of nitrogens with one attached hydrogen (secondary N) is 1. The summed E-state index contributed by atoms with van der Waals surface area (Å²) >= 11 is 0. The van der Waals surface area contributed by atoms with E-state index in [1.807, 2.05) is 7.05 Å². The predicted molar refractivity (Wildman–Crippen MR) is 80.3 cm³/mol. The van der Waals surface area contributed by atoms with E-state index in [9.17, 15) is 0 Å². The smallest absolute Gasteiger partial charge is 0.220 e. The first-order chi connectivity index (χ1) is 10.4. The van der Waals surface area contributed by atoms with Crippen molar-refractivity contribution in [1.29, 1.82) is 0 Å². The molecule has 0 aliphatic heterocycles. The third kappa shape index (κ3) is 2.27. The highest BCUT2D eigenvalue weighted by Gasteiger charge is 2.56. The van der Waals surface area contributed by atoms with E-state index in [0.29, 0.717) is 17.8 Å². The lowest BCUT2D eigenvalue weighted by molar-refractivity contribution is 0.437. The van der Waals surface area contributed by atoms with Crippen molar-refractivity contribution in [2.45, 2.75) is 37.5 Å². The molecule has 1 fully saturated rings. The van der Waals surface area contributed by atoms with E-state index in [1.54, 1.807) is 0 Å². The van der Waals surface area contributed by atoms with Gasteiger partial charge in [0.25, 0.3) is 0 Å². The predicted octanol–water partition coefficient (Wildman–Crippen LogP) is 2.67. The van der Waals surface area contributed by atoms with Gasteiger partial charge in [0.2, 0.25) is 11.8 Å². The summed E-state index contributed by atoms with van der Waals surface area (Å²) in [6.07, 6.45) is 4.35. The molecule has 0 saturated heterocycles. The van der Waals surface area contributed by atoms with E-state index < -0.39 is 0 Å². The number of nitrogens with zero attached hydrogens (tertiary/aromatic N) is 2. The van der Waals surface area contributed by atoms with Crippen LogP contribution in [-0.4, -0.2) is 23.8 Å². The van der Waals surface area contributed by atoms with Crippen LogP contribution in [-0.2, 0) is 12.8 Å². The molecule has 2 aromatic rings. The van der Waals surface area contributed by atoms with Gasteiger partial charge in [0, 0.05) is 12.3 Å². The third-order valence-corrected chi connectivity index (χ3v) is 4.91. The fourth-order valence-corrected chi connectivity index (χ4v) is 3.82. The Kier molecular flexibility index (Phi) is 3.26. The van der Waals surface area contributed by atoms with Gasteiger partial charge in [-0.15, -0.1) is 10.2 Å². The lowest BCUT2D eigenvalue weighted by atomic mass is 9.92. The van der Waals surface area contributed by atoms with Crippen molar-refractivity contribution in [1.82, 2.24) is 15.5 Å². The monoisotopic (exact) mass is 283 g/mol. The Labute approximate surface area is 125 Å². The van der Waals surface area contributed by atoms with Crippen molar-refractivity contribution in [2.24, 2.45) is 5.92 Å². The van der Waals surface area contributed by atoms with Crippen molar-refractivity contribution >= 4 is 0 Å². The number of hydrogen-bond donors (Lipinski definition) is 1. The van der Waals surface area contributed by atoms with Gasteiger partial charge in [0.1, 0.15) is 0 Å². The van der Waals surface area contributed by atoms with Crippen LogP contribution < -0.4 is 5.32 Å². The first-order valence-corrected chi connectivity index (χ1v) is 7.93. The molecule has 4 heteroatoms. The molecule has 1 N–H and O–H groups in total. The van der Waals surface area contributed by atoms with E-state index in [0.717, 1.165) is 31.2 Å². The fraction of sp³-hybridized carbons (Fsp3) is 0.529. The first-order valence-electron chi connectivity index (χ1n) is 7.93. The molecule has 3 unspecified atom stereocenters. The highest BCUT2D eigenvalue weighted by molar-refractivity contribution is 5.42. The van der Waals surface area contributed by atoms with Crippen molar-refractivity contribution < 1.29 is 4.42 Å². The summed E-state index contributed by atoms with van der Waals surface area (Å²) < 4.78 is 5.91. The van der Waals surface area contributed by atoms with Gasteiger partial charge in [-0.05, 0) is 55.8 Å². The maximum absolute atomic E-state index is 5.91. The van der Waals surface area contributed by atoms with Crippen molar-refractivity contribution in [2.75, 3.05) is 13.6 Å². The van der Waals surface area contributed by atoms with E-state index in [1.165, 1.54) is 24.0 Å². The zero-order chi connectivity index (χ0) is 14.2. The Morgan fingerprint density at radius 1 is 1.24 bits per heavy atom. The average Bonchev–Trinajstić information content (AvgIpc) is 3.09. The molecule has 0 spiro atoms. The van der Waals surface area contributed by atoms with Crippen molar-refractivity contribution in [3.63, 3.8) is 0 Å². The molecule has 2 aliphatic rings. The van der Waals surface area contributed by atoms with Crippen LogP contribution in [0.15, 0.2) is 28.7 Å². The zero-order valence-corrected chi connectivity index (χ0v) is 12.4. The SMILES string of the molecule is CNCCCc1nnc(C2C3CCc4ccccc4C32)o1. The van der Waals surface area contributed by atoms with Crippen LogP contribution in [0.1, 0.15) is 47.6 Å². The Morgan fingerprint density at radius 2 is 2.14 bits per heavy atom. The minimum Gasteiger partial charge on any atom is -0.425 e. The Morgan fingerprint density at radius 3 is 3.05 bits per heavy atom. The molecule has 1 aromatic heterocycles. The van der Waals surface area contributed by atoms with Gasteiger partial charge in [-0.1, -0.05) is 24.3 Å². The summed E-state index contributed by atoms with van der Waals surface area (Å²) in [5.74, 6) is 3.43. The first kappa shape index (κ1) is 13.0. The minimum atomic E-state index is 0.458. The van der Waals surface area contributed by atoms with Crippen LogP contribution in [0.5, 0.6) is 0 Å². The number of benzene rings is 1. The molecular formula is C17H21N3O. The van der Waals surface area contributed by atoms with Crippen LogP contribution in [0.25, 0.3) is 0 Å². The Hall–Kier alpha value is -1.68. The van der Waals surface area contributed by atoms with E-state index in [4.69, 9.17) is 4.42 Å². The summed E-state index contributed by atoms with van der Waals surface area (Å²) in [7, 11) is 1.96. The highest BCUT2D eigenvalue weighted by atomic mass is 16.4. The van der Waals surface area contributed by atoms with Crippen LogP contribution in [0.2, 0.25) is 0 Å². The van der Waals surface area contributed by atoms with Gasteiger partial charge < -0.3 is 9.73 Å². The largest absolute Gasteiger partial charge is 0.425 e.